The number of aryl methyl sites for hydroxylation is 1. The van der Waals surface area contributed by atoms with E-state index in [0.29, 0.717) is 53.6 Å². The van der Waals surface area contributed by atoms with E-state index in [0.717, 1.165) is 23.8 Å². The summed E-state index contributed by atoms with van der Waals surface area (Å²) in [6.45, 7) is 1.87. The number of methoxy groups -OCH3 is 1. The number of allylic oxidation sites excluding steroid dienone is 1. The molecule has 5 atom stereocenters. The molecule has 4 amide bonds. The van der Waals surface area contributed by atoms with Gasteiger partial charge in [-0.15, -0.1) is 0 Å². The van der Waals surface area contributed by atoms with Gasteiger partial charge < -0.3 is 29.4 Å². The van der Waals surface area contributed by atoms with Gasteiger partial charge in [0.1, 0.15) is 40.6 Å². The highest BCUT2D eigenvalue weighted by molar-refractivity contribution is 7.91. The minimum absolute atomic E-state index is 0.0177. The molecular weight excluding hydrogens is 758 g/mol. The number of amides is 4. The van der Waals surface area contributed by atoms with Gasteiger partial charge in [0.15, 0.2) is 11.3 Å². The summed E-state index contributed by atoms with van der Waals surface area (Å²) in [6.07, 6.45) is 6.32. The van der Waals surface area contributed by atoms with E-state index in [9.17, 15) is 32.0 Å². The average Bonchev–Trinajstić information content (AvgIpc) is 4.09. The predicted molar refractivity (Wildman–Crippen MR) is 207 cm³/mol. The molecule has 16 heteroatoms. The van der Waals surface area contributed by atoms with E-state index in [1.54, 1.807) is 18.2 Å². The minimum Gasteiger partial charge on any atom is -0.484 e. The highest BCUT2D eigenvalue weighted by Crippen LogP contribution is 2.46. The molecular formula is C41H44FN5O9S. The number of halogens is 1. The summed E-state index contributed by atoms with van der Waals surface area (Å²) in [4.78, 5) is 61.4. The molecule has 2 aromatic heterocycles. The number of aromatic nitrogens is 1. The average molecular weight is 802 g/mol. The van der Waals surface area contributed by atoms with Crippen LogP contribution in [-0.4, -0.2) is 84.7 Å². The van der Waals surface area contributed by atoms with Crippen LogP contribution in [0.25, 0.3) is 33.3 Å². The Kier molecular flexibility index (Phi) is 10.2. The molecule has 0 spiro atoms. The zero-order chi connectivity index (χ0) is 40.1. The van der Waals surface area contributed by atoms with Gasteiger partial charge >= 0.3 is 6.09 Å². The van der Waals surface area contributed by atoms with Crippen molar-refractivity contribution in [2.75, 3.05) is 13.7 Å². The Hall–Kier alpha value is -5.51. The molecule has 4 aliphatic rings. The molecule has 0 bridgehead atoms. The lowest BCUT2D eigenvalue weighted by atomic mass is 10.1. The molecule has 4 aromatic rings. The molecule has 4 heterocycles. The number of carbonyl (C=O) groups is 4. The second kappa shape index (κ2) is 15.1. The smallest absolute Gasteiger partial charge is 0.407 e. The van der Waals surface area contributed by atoms with Crippen molar-refractivity contribution in [2.45, 2.75) is 93.7 Å². The van der Waals surface area contributed by atoms with E-state index in [1.807, 2.05) is 37.3 Å². The summed E-state index contributed by atoms with van der Waals surface area (Å²) in [7, 11) is -2.72. The first-order valence-electron chi connectivity index (χ1n) is 19.3. The summed E-state index contributed by atoms with van der Waals surface area (Å²) < 4.78 is 59.7. The number of rotatable bonds is 7. The van der Waals surface area contributed by atoms with Crippen LogP contribution in [0.3, 0.4) is 0 Å². The second-order valence-corrected chi connectivity index (χ2v) is 17.4. The quantitative estimate of drug-likeness (QED) is 0.211. The molecule has 2 saturated carbocycles. The number of sulfonamides is 1. The van der Waals surface area contributed by atoms with Crippen LogP contribution in [0.4, 0.5) is 9.18 Å². The lowest BCUT2D eigenvalue weighted by molar-refractivity contribution is -0.141. The number of pyridine rings is 1. The first kappa shape index (κ1) is 38.4. The predicted octanol–water partition coefficient (Wildman–Crippen LogP) is 5.17. The standard InChI is InChI=1S/C41H44FN5O9S/c1-23-10-17-33-29(18-23)35-36(56-33)34(20-31(43-35)24-11-13-26(42)14-12-24)55-27-19-32-37(48)45-41(39(50)46-57(52,53)28-15-16-28)21-25(41)8-6-4-3-5-7-9-30(44-40(51)54-2)38(49)47(32)22-27/h6,8,10-14,17-18,20,25,27-28,30,32H,3-5,7,9,15-16,19,21-22H2,1-2H3,(H,44,51)(H,45,48)(H,46,50)/t25-,27-,30+,32+,41-/m1/s1. The topological polar surface area (TPSA) is 186 Å². The van der Waals surface area contributed by atoms with Crippen molar-refractivity contribution in [3.8, 4) is 17.0 Å². The van der Waals surface area contributed by atoms with Crippen LogP contribution < -0.4 is 20.1 Å². The fraction of sp³-hybridized carbons (Fsp3) is 0.439. The van der Waals surface area contributed by atoms with Crippen molar-refractivity contribution < 1.29 is 45.9 Å². The molecule has 14 nitrogen and oxygen atoms in total. The first-order valence-corrected chi connectivity index (χ1v) is 20.9. The molecule has 2 aliphatic carbocycles. The number of benzene rings is 2. The molecule has 1 saturated heterocycles. The number of ether oxygens (including phenoxy) is 2. The Morgan fingerprint density at radius 3 is 2.60 bits per heavy atom. The van der Waals surface area contributed by atoms with E-state index < -0.39 is 74.5 Å². The lowest BCUT2D eigenvalue weighted by Crippen LogP contribution is -2.58. The Morgan fingerprint density at radius 1 is 1.05 bits per heavy atom. The summed E-state index contributed by atoms with van der Waals surface area (Å²) >= 11 is 0. The van der Waals surface area contributed by atoms with Gasteiger partial charge in [-0.25, -0.2) is 22.6 Å². The van der Waals surface area contributed by atoms with Crippen LogP contribution in [0.2, 0.25) is 0 Å². The maximum absolute atomic E-state index is 14.5. The van der Waals surface area contributed by atoms with Crippen LogP contribution in [0.5, 0.6) is 5.75 Å². The number of nitrogens with zero attached hydrogens (tertiary/aromatic N) is 2. The normalized spacial score (nSPS) is 25.5. The van der Waals surface area contributed by atoms with E-state index in [1.165, 1.54) is 24.1 Å². The number of carbonyl (C=O) groups excluding carboxylic acids is 4. The summed E-state index contributed by atoms with van der Waals surface area (Å²) in [6, 6.07) is 11.0. The Morgan fingerprint density at radius 2 is 1.84 bits per heavy atom. The van der Waals surface area contributed by atoms with Crippen LogP contribution >= 0.6 is 0 Å². The SMILES string of the molecule is COC(=O)N[C@H]1CCCCCC=C[C@@H]2C[C@@]2(C(=O)NS(=O)(=O)C2CC2)NC(=O)[C@@H]2C[C@@H](Oc3cc(-c4ccc(F)cc4)nc4c3oc3ccc(C)cc34)CN2C1=O. The molecule has 3 fully saturated rings. The molecule has 2 aliphatic heterocycles. The van der Waals surface area contributed by atoms with Gasteiger partial charge in [-0.1, -0.05) is 36.6 Å². The third-order valence-corrected chi connectivity index (χ3v) is 13.1. The summed E-state index contributed by atoms with van der Waals surface area (Å²) in [5, 5.41) is 5.59. The highest BCUT2D eigenvalue weighted by atomic mass is 32.2. The molecule has 300 valence electrons. The molecule has 2 aromatic carbocycles. The van der Waals surface area contributed by atoms with Crippen molar-refractivity contribution in [1.82, 2.24) is 25.2 Å². The lowest BCUT2D eigenvalue weighted by Gasteiger charge is -2.29. The van der Waals surface area contributed by atoms with Gasteiger partial charge in [0.2, 0.25) is 21.8 Å². The van der Waals surface area contributed by atoms with E-state index in [2.05, 4.69) is 15.4 Å². The van der Waals surface area contributed by atoms with Gasteiger partial charge in [0.25, 0.3) is 5.91 Å². The van der Waals surface area contributed by atoms with Crippen molar-refractivity contribution >= 4 is 55.9 Å². The fourth-order valence-corrected chi connectivity index (χ4v) is 9.27. The van der Waals surface area contributed by atoms with Gasteiger partial charge in [0.05, 0.1) is 24.6 Å². The van der Waals surface area contributed by atoms with Crippen LogP contribution in [0.15, 0.2) is 65.1 Å². The molecule has 0 unspecified atom stereocenters. The fourth-order valence-electron chi connectivity index (χ4n) is 7.90. The monoisotopic (exact) mass is 801 g/mol. The highest BCUT2D eigenvalue weighted by Gasteiger charge is 2.62. The molecule has 57 heavy (non-hydrogen) atoms. The molecule has 3 N–H and O–H groups in total. The van der Waals surface area contributed by atoms with Gasteiger partial charge in [-0.3, -0.25) is 19.1 Å². The third kappa shape index (κ3) is 7.78. The van der Waals surface area contributed by atoms with Gasteiger partial charge in [-0.05, 0) is 81.8 Å². The zero-order valence-electron chi connectivity index (χ0n) is 31.6. The third-order valence-electron chi connectivity index (χ3n) is 11.3. The van der Waals surface area contributed by atoms with Crippen LogP contribution in [-0.2, 0) is 29.1 Å². The number of hydrogen-bond donors (Lipinski definition) is 3. The van der Waals surface area contributed by atoms with Crippen molar-refractivity contribution in [3.05, 3.63) is 72.1 Å². The maximum atomic E-state index is 14.5. The largest absolute Gasteiger partial charge is 0.484 e. The minimum atomic E-state index is -3.92. The first-order chi connectivity index (χ1) is 27.3. The summed E-state index contributed by atoms with van der Waals surface area (Å²) in [5.74, 6) is -2.60. The number of fused-ring (bicyclic) bond motifs is 5. The molecule has 8 rings (SSSR count). The van der Waals surface area contributed by atoms with E-state index in [-0.39, 0.29) is 31.6 Å². The summed E-state index contributed by atoms with van der Waals surface area (Å²) in [5.41, 5.74) is 1.95. The van der Waals surface area contributed by atoms with Crippen LogP contribution in [0.1, 0.15) is 63.4 Å². The number of alkyl carbamates (subject to hydrolysis) is 1. The number of hydrogen-bond acceptors (Lipinski definition) is 10. The Bertz CT molecular complexity index is 2400. The maximum Gasteiger partial charge on any atom is 0.407 e. The number of nitrogens with one attached hydrogen (secondary N) is 3. The van der Waals surface area contributed by atoms with E-state index >= 15 is 0 Å². The Balaban J connectivity index is 1.15. The Labute approximate surface area is 328 Å². The zero-order valence-corrected chi connectivity index (χ0v) is 32.4. The second-order valence-electron chi connectivity index (χ2n) is 15.5. The van der Waals surface area contributed by atoms with Gasteiger partial charge in [0, 0.05) is 29.4 Å². The van der Waals surface area contributed by atoms with E-state index in [4.69, 9.17) is 18.9 Å². The molecule has 0 radical (unpaired) electrons. The number of furan rings is 1. The van der Waals surface area contributed by atoms with Crippen molar-refractivity contribution in [2.24, 2.45) is 5.92 Å². The van der Waals surface area contributed by atoms with Crippen molar-refractivity contribution in [3.63, 3.8) is 0 Å². The van der Waals surface area contributed by atoms with Crippen molar-refractivity contribution in [1.29, 1.82) is 0 Å². The van der Waals surface area contributed by atoms with Gasteiger partial charge in [-0.2, -0.15) is 0 Å². The van der Waals surface area contributed by atoms with Crippen LogP contribution in [0, 0.1) is 18.7 Å².